The summed E-state index contributed by atoms with van der Waals surface area (Å²) >= 11 is 0. The SMILES string of the molecule is CC.CN(C)c1ccccc1P. The molecule has 0 spiro atoms. The van der Waals surface area contributed by atoms with Gasteiger partial charge in [0.05, 0.1) is 0 Å². The molecule has 12 heavy (non-hydrogen) atoms. The van der Waals surface area contributed by atoms with Crippen molar-refractivity contribution >= 4 is 20.2 Å². The van der Waals surface area contributed by atoms with Crippen molar-refractivity contribution in [3.63, 3.8) is 0 Å². The molecule has 1 atom stereocenters. The first-order valence-electron chi connectivity index (χ1n) is 4.23. The van der Waals surface area contributed by atoms with Gasteiger partial charge in [-0.2, -0.15) is 0 Å². The van der Waals surface area contributed by atoms with Gasteiger partial charge in [0.15, 0.2) is 0 Å². The topological polar surface area (TPSA) is 3.24 Å². The van der Waals surface area contributed by atoms with Crippen LogP contribution >= 0.6 is 9.24 Å². The molecular weight excluding hydrogens is 165 g/mol. The second-order valence-corrected chi connectivity index (χ2v) is 3.08. The number of hydrogen-bond acceptors (Lipinski definition) is 1. The van der Waals surface area contributed by atoms with Gasteiger partial charge in [-0.3, -0.25) is 0 Å². The van der Waals surface area contributed by atoms with E-state index < -0.39 is 0 Å². The number of anilines is 1. The summed E-state index contributed by atoms with van der Waals surface area (Å²) in [6.07, 6.45) is 0. The van der Waals surface area contributed by atoms with E-state index in [1.54, 1.807) is 0 Å². The summed E-state index contributed by atoms with van der Waals surface area (Å²) in [5.41, 5.74) is 1.26. The summed E-state index contributed by atoms with van der Waals surface area (Å²) in [4.78, 5) is 2.10. The van der Waals surface area contributed by atoms with Crippen LogP contribution in [0.15, 0.2) is 24.3 Å². The zero-order chi connectivity index (χ0) is 9.56. The Bertz CT molecular complexity index is 221. The molecule has 0 saturated heterocycles. The fourth-order valence-corrected chi connectivity index (χ4v) is 1.36. The molecule has 1 nitrogen and oxygen atoms in total. The maximum atomic E-state index is 2.71. The molecule has 0 aliphatic rings. The van der Waals surface area contributed by atoms with Crippen LogP contribution in [0.3, 0.4) is 0 Å². The molecule has 2 heteroatoms. The fraction of sp³-hybridized carbons (Fsp3) is 0.400. The average Bonchev–Trinajstić information content (AvgIpc) is 2.08. The summed E-state index contributed by atoms with van der Waals surface area (Å²) < 4.78 is 0. The Balaban J connectivity index is 0.000000561. The van der Waals surface area contributed by atoms with Crippen molar-refractivity contribution in [3.05, 3.63) is 24.3 Å². The van der Waals surface area contributed by atoms with Crippen LogP contribution in [0.1, 0.15) is 13.8 Å². The molecule has 0 amide bonds. The van der Waals surface area contributed by atoms with Gasteiger partial charge < -0.3 is 4.90 Å². The van der Waals surface area contributed by atoms with Gasteiger partial charge in [0.1, 0.15) is 0 Å². The average molecular weight is 183 g/mol. The Labute approximate surface area is 78.0 Å². The molecule has 0 fully saturated rings. The molecule has 0 aliphatic heterocycles. The number of benzene rings is 1. The minimum absolute atomic E-state index is 1.24. The van der Waals surface area contributed by atoms with Crippen LogP contribution in [0.4, 0.5) is 5.69 Å². The molecule has 1 aromatic rings. The lowest BCUT2D eigenvalue weighted by molar-refractivity contribution is 1.14. The molecular formula is C10H18NP. The fourth-order valence-electron chi connectivity index (χ4n) is 0.895. The van der Waals surface area contributed by atoms with Crippen molar-refractivity contribution in [2.24, 2.45) is 0 Å². The zero-order valence-electron chi connectivity index (χ0n) is 8.33. The Hall–Kier alpha value is -0.550. The van der Waals surface area contributed by atoms with Gasteiger partial charge in [0.2, 0.25) is 0 Å². The minimum Gasteiger partial charge on any atom is -0.377 e. The van der Waals surface area contributed by atoms with Crippen molar-refractivity contribution < 1.29 is 0 Å². The van der Waals surface area contributed by atoms with E-state index in [1.165, 1.54) is 11.0 Å². The molecule has 0 radical (unpaired) electrons. The highest BCUT2D eigenvalue weighted by atomic mass is 31.0. The minimum atomic E-state index is 1.24. The van der Waals surface area contributed by atoms with Gasteiger partial charge in [0, 0.05) is 19.8 Å². The van der Waals surface area contributed by atoms with Crippen molar-refractivity contribution in [1.29, 1.82) is 0 Å². The molecule has 0 bridgehead atoms. The first-order chi connectivity index (χ1) is 5.72. The highest BCUT2D eigenvalue weighted by molar-refractivity contribution is 7.28. The number of para-hydroxylation sites is 1. The lowest BCUT2D eigenvalue weighted by atomic mass is 10.3. The highest BCUT2D eigenvalue weighted by Gasteiger charge is 1.95. The van der Waals surface area contributed by atoms with Gasteiger partial charge >= 0.3 is 0 Å². The van der Waals surface area contributed by atoms with Crippen LogP contribution in [0, 0.1) is 0 Å². The predicted octanol–water partition coefficient (Wildman–Crippen LogP) is 2.28. The van der Waals surface area contributed by atoms with Crippen molar-refractivity contribution in [2.45, 2.75) is 13.8 Å². The zero-order valence-corrected chi connectivity index (χ0v) is 9.49. The van der Waals surface area contributed by atoms with Crippen LogP contribution in [0.5, 0.6) is 0 Å². The molecule has 1 unspecified atom stereocenters. The Morgan fingerprint density at radius 1 is 1.08 bits per heavy atom. The molecule has 0 saturated carbocycles. The van der Waals surface area contributed by atoms with E-state index in [9.17, 15) is 0 Å². The van der Waals surface area contributed by atoms with Gasteiger partial charge in [-0.1, -0.05) is 32.0 Å². The summed E-state index contributed by atoms with van der Waals surface area (Å²) in [6, 6.07) is 8.26. The predicted molar refractivity (Wildman–Crippen MR) is 61.5 cm³/mol. The van der Waals surface area contributed by atoms with Crippen LogP contribution in [0.25, 0.3) is 0 Å². The van der Waals surface area contributed by atoms with E-state index in [0.717, 1.165) is 0 Å². The van der Waals surface area contributed by atoms with E-state index >= 15 is 0 Å². The van der Waals surface area contributed by atoms with Gasteiger partial charge in [0.25, 0.3) is 0 Å². The number of hydrogen-bond donors (Lipinski definition) is 0. The van der Waals surface area contributed by atoms with E-state index in [4.69, 9.17) is 0 Å². The normalized spacial score (nSPS) is 8.42. The first-order valence-corrected chi connectivity index (χ1v) is 4.81. The maximum Gasteiger partial charge on any atom is 0.0433 e. The van der Waals surface area contributed by atoms with Crippen molar-refractivity contribution in [3.8, 4) is 0 Å². The van der Waals surface area contributed by atoms with E-state index in [1.807, 2.05) is 40.1 Å². The summed E-state index contributed by atoms with van der Waals surface area (Å²) in [5, 5.41) is 1.24. The van der Waals surface area contributed by atoms with Crippen molar-refractivity contribution in [1.82, 2.24) is 0 Å². The van der Waals surface area contributed by atoms with Gasteiger partial charge in [-0.25, -0.2) is 0 Å². The third-order valence-corrected chi connectivity index (χ3v) is 1.91. The number of nitrogens with zero attached hydrogens (tertiary/aromatic N) is 1. The number of rotatable bonds is 1. The Kier molecular flexibility index (Phi) is 5.74. The lowest BCUT2D eigenvalue weighted by Crippen LogP contribution is -2.14. The molecule has 0 aliphatic carbocycles. The van der Waals surface area contributed by atoms with Crippen LogP contribution < -0.4 is 10.2 Å². The standard InChI is InChI=1S/C8H12NP.C2H6/c1-9(2)7-5-3-4-6-8(7)10;1-2/h3-6H,10H2,1-2H3;1-2H3. The van der Waals surface area contributed by atoms with E-state index in [-0.39, 0.29) is 0 Å². The molecule has 68 valence electrons. The van der Waals surface area contributed by atoms with Crippen molar-refractivity contribution in [2.75, 3.05) is 19.0 Å². The summed E-state index contributed by atoms with van der Waals surface area (Å²) in [7, 11) is 6.80. The highest BCUT2D eigenvalue weighted by Crippen LogP contribution is 2.09. The third-order valence-electron chi connectivity index (χ3n) is 1.42. The largest absolute Gasteiger partial charge is 0.377 e. The monoisotopic (exact) mass is 183 g/mol. The lowest BCUT2D eigenvalue weighted by Gasteiger charge is -2.14. The van der Waals surface area contributed by atoms with Crippen LogP contribution in [0.2, 0.25) is 0 Å². The first kappa shape index (κ1) is 11.4. The summed E-state index contributed by atoms with van der Waals surface area (Å²) in [6.45, 7) is 4.00. The summed E-state index contributed by atoms with van der Waals surface area (Å²) in [5.74, 6) is 0. The van der Waals surface area contributed by atoms with Gasteiger partial charge in [-0.05, 0) is 11.4 Å². The molecule has 0 N–H and O–H groups in total. The Morgan fingerprint density at radius 3 is 1.92 bits per heavy atom. The Morgan fingerprint density at radius 2 is 1.58 bits per heavy atom. The molecule has 0 aromatic heterocycles. The van der Waals surface area contributed by atoms with E-state index in [2.05, 4.69) is 26.3 Å². The van der Waals surface area contributed by atoms with Crippen LogP contribution in [-0.2, 0) is 0 Å². The second kappa shape index (κ2) is 6.02. The smallest absolute Gasteiger partial charge is 0.0433 e. The quantitative estimate of drug-likeness (QED) is 0.604. The van der Waals surface area contributed by atoms with Gasteiger partial charge in [-0.15, -0.1) is 9.24 Å². The van der Waals surface area contributed by atoms with E-state index in [0.29, 0.717) is 0 Å². The molecule has 0 heterocycles. The van der Waals surface area contributed by atoms with Crippen LogP contribution in [-0.4, -0.2) is 14.1 Å². The maximum absolute atomic E-state index is 2.71. The third kappa shape index (κ3) is 3.23. The molecule has 1 rings (SSSR count). The molecule has 1 aromatic carbocycles. The second-order valence-electron chi connectivity index (χ2n) is 2.45.